The van der Waals surface area contributed by atoms with Crippen molar-refractivity contribution >= 4 is 26.5 Å². The van der Waals surface area contributed by atoms with E-state index in [1.165, 1.54) is 154 Å². The Bertz CT molecular complexity index is 1020. The van der Waals surface area contributed by atoms with Crippen molar-refractivity contribution in [2.75, 3.05) is 0 Å². The van der Waals surface area contributed by atoms with Gasteiger partial charge in [-0.3, -0.25) is 0 Å². The number of hydrogen-bond donors (Lipinski definition) is 0. The van der Waals surface area contributed by atoms with Crippen LogP contribution < -0.4 is 10.6 Å². The van der Waals surface area contributed by atoms with E-state index in [1.807, 2.05) is 10.6 Å². The SMILES string of the molecule is c1cc2c(P(C3CCCCC3)C3CCCCC3)cc1CCc1ccc(c(P(C3CCCCC3)C3CCCCC3)c1)CC2. The van der Waals surface area contributed by atoms with Crippen LogP contribution >= 0.6 is 15.8 Å². The maximum atomic E-state index is 2.79. The summed E-state index contributed by atoms with van der Waals surface area (Å²) in [5.74, 6) is 0. The Balaban J connectivity index is 1.24. The lowest BCUT2D eigenvalue weighted by Crippen LogP contribution is -2.30. The lowest BCUT2D eigenvalue weighted by Gasteiger charge is -2.40. The van der Waals surface area contributed by atoms with Gasteiger partial charge >= 0.3 is 0 Å². The van der Waals surface area contributed by atoms with Gasteiger partial charge in [0.2, 0.25) is 0 Å². The van der Waals surface area contributed by atoms with E-state index in [0.29, 0.717) is 0 Å². The molecule has 10 rings (SSSR count). The van der Waals surface area contributed by atoms with Crippen LogP contribution in [0.15, 0.2) is 36.4 Å². The third kappa shape index (κ3) is 6.92. The number of rotatable bonds is 6. The maximum absolute atomic E-state index is 2.79. The summed E-state index contributed by atoms with van der Waals surface area (Å²) in [7, 11) is -0.0773. The maximum Gasteiger partial charge on any atom is -0.0166 e. The molecule has 0 heterocycles. The smallest absolute Gasteiger partial charge is 0.0166 e. The molecule has 0 radical (unpaired) electrons. The molecular weight excluding hydrogens is 542 g/mol. The summed E-state index contributed by atoms with van der Waals surface area (Å²) in [5.41, 5.74) is 10.8. The van der Waals surface area contributed by atoms with Gasteiger partial charge in [0.05, 0.1) is 0 Å². The van der Waals surface area contributed by atoms with Gasteiger partial charge in [-0.05, 0) is 133 Å². The third-order valence-corrected chi connectivity index (χ3v) is 19.3. The summed E-state index contributed by atoms with van der Waals surface area (Å²) < 4.78 is 0. The van der Waals surface area contributed by atoms with Crippen molar-refractivity contribution in [1.82, 2.24) is 0 Å². The molecule has 2 aromatic carbocycles. The van der Waals surface area contributed by atoms with Gasteiger partial charge in [-0.25, -0.2) is 0 Å². The normalized spacial score (nSPS) is 23.9. The number of benzene rings is 2. The quantitative estimate of drug-likeness (QED) is 0.289. The van der Waals surface area contributed by atoms with Crippen molar-refractivity contribution in [2.45, 2.75) is 177 Å². The van der Waals surface area contributed by atoms with Crippen LogP contribution in [0.2, 0.25) is 0 Å². The van der Waals surface area contributed by atoms with E-state index in [0.717, 1.165) is 22.6 Å². The Morgan fingerprint density at radius 1 is 0.357 bits per heavy atom. The first-order valence-corrected chi connectivity index (χ1v) is 21.6. The van der Waals surface area contributed by atoms with Crippen LogP contribution in [0.5, 0.6) is 0 Å². The molecule has 0 amide bonds. The van der Waals surface area contributed by atoms with E-state index in [1.54, 1.807) is 22.3 Å². The standard InChI is InChI=1S/C40H58P2/c1-5-13-35(14-6-1)41(36-15-7-2-8-16-36)39-29-31-21-22-32-24-26-34(28-27-33(39)25-23-31)40(30-32)42(37-17-9-3-10-18-37)38-19-11-4-12-20-38/h23-26,29-30,35-38H,1-22,27-28H2. The molecule has 4 saturated carbocycles. The van der Waals surface area contributed by atoms with E-state index in [9.17, 15) is 0 Å². The van der Waals surface area contributed by atoms with Crippen LogP contribution in [-0.2, 0) is 25.7 Å². The van der Waals surface area contributed by atoms with Gasteiger partial charge in [-0.15, -0.1) is 0 Å². The molecule has 4 fully saturated rings. The highest BCUT2D eigenvalue weighted by molar-refractivity contribution is 7.67. The molecule has 4 bridgehead atoms. The first-order valence-electron chi connectivity index (χ1n) is 18.6. The average Bonchev–Trinajstić information content (AvgIpc) is 3.05. The zero-order valence-corrected chi connectivity index (χ0v) is 28.4. The molecular formula is C40H58P2. The molecule has 8 aliphatic rings. The zero-order chi connectivity index (χ0) is 28.1. The second-order valence-corrected chi connectivity index (χ2v) is 20.4. The summed E-state index contributed by atoms with van der Waals surface area (Å²) in [4.78, 5) is 0. The Morgan fingerprint density at radius 3 is 0.976 bits per heavy atom. The Kier molecular flexibility index (Phi) is 10.4. The second kappa shape index (κ2) is 14.6. The molecule has 2 aromatic rings. The molecule has 0 saturated heterocycles. The minimum Gasteiger partial charge on any atom is -0.0686 e. The second-order valence-electron chi connectivity index (χ2n) is 14.9. The highest BCUT2D eigenvalue weighted by Crippen LogP contribution is 2.57. The van der Waals surface area contributed by atoms with E-state index in [4.69, 9.17) is 0 Å². The van der Waals surface area contributed by atoms with E-state index < -0.39 is 0 Å². The lowest BCUT2D eigenvalue weighted by molar-refractivity contribution is 0.487. The number of aryl methyl sites for hydroxylation is 4. The fourth-order valence-electron chi connectivity index (χ4n) is 9.81. The molecule has 8 aliphatic carbocycles. The van der Waals surface area contributed by atoms with E-state index >= 15 is 0 Å². The van der Waals surface area contributed by atoms with E-state index in [2.05, 4.69) is 36.4 Å². The van der Waals surface area contributed by atoms with Crippen LogP contribution in [0.25, 0.3) is 0 Å². The summed E-state index contributed by atoms with van der Waals surface area (Å²) in [6.45, 7) is 0. The molecule has 0 spiro atoms. The largest absolute Gasteiger partial charge is 0.0686 e. The van der Waals surface area contributed by atoms with Gasteiger partial charge in [0.15, 0.2) is 0 Å². The van der Waals surface area contributed by atoms with Crippen LogP contribution in [0, 0.1) is 0 Å². The van der Waals surface area contributed by atoms with Gasteiger partial charge < -0.3 is 0 Å². The predicted octanol–water partition coefficient (Wildman–Crippen LogP) is 11.1. The van der Waals surface area contributed by atoms with Gasteiger partial charge in [0, 0.05) is 0 Å². The Hall–Kier alpha value is -0.700. The topological polar surface area (TPSA) is 0 Å². The number of hydrogen-bond acceptors (Lipinski definition) is 0. The third-order valence-electron chi connectivity index (χ3n) is 12.1. The van der Waals surface area contributed by atoms with Crippen molar-refractivity contribution < 1.29 is 0 Å². The molecule has 0 atom stereocenters. The van der Waals surface area contributed by atoms with Gasteiger partial charge in [0.1, 0.15) is 0 Å². The van der Waals surface area contributed by atoms with Crippen molar-refractivity contribution in [3.05, 3.63) is 58.7 Å². The Morgan fingerprint density at radius 2 is 0.667 bits per heavy atom. The highest BCUT2D eigenvalue weighted by atomic mass is 31.1. The minimum atomic E-state index is -0.0387. The summed E-state index contributed by atoms with van der Waals surface area (Å²) in [5, 5.41) is 3.78. The van der Waals surface area contributed by atoms with Crippen LogP contribution in [-0.4, -0.2) is 22.6 Å². The van der Waals surface area contributed by atoms with Crippen molar-refractivity contribution in [3.63, 3.8) is 0 Å². The molecule has 0 N–H and O–H groups in total. The Labute approximate surface area is 261 Å². The summed E-state index contributed by atoms with van der Waals surface area (Å²) in [6.07, 6.45) is 35.0. The first kappa shape index (κ1) is 30.0. The highest BCUT2D eigenvalue weighted by Gasteiger charge is 2.35. The molecule has 0 aliphatic heterocycles. The lowest BCUT2D eigenvalue weighted by atomic mass is 9.96. The van der Waals surface area contributed by atoms with Gasteiger partial charge in [0.25, 0.3) is 0 Å². The van der Waals surface area contributed by atoms with Gasteiger partial charge in [-0.1, -0.05) is 129 Å². The van der Waals surface area contributed by atoms with Crippen molar-refractivity contribution in [1.29, 1.82) is 0 Å². The molecule has 42 heavy (non-hydrogen) atoms. The van der Waals surface area contributed by atoms with Crippen LogP contribution in [0.4, 0.5) is 0 Å². The predicted molar refractivity (Wildman–Crippen MR) is 188 cm³/mol. The molecule has 0 unspecified atom stereocenters. The minimum absolute atomic E-state index is 0.0387. The van der Waals surface area contributed by atoms with Crippen molar-refractivity contribution in [3.8, 4) is 0 Å². The fourth-order valence-corrected chi connectivity index (χ4v) is 17.9. The average molecular weight is 601 g/mol. The monoisotopic (exact) mass is 600 g/mol. The van der Waals surface area contributed by atoms with Crippen molar-refractivity contribution in [2.24, 2.45) is 0 Å². The molecule has 2 heteroatoms. The zero-order valence-electron chi connectivity index (χ0n) is 26.6. The summed E-state index contributed by atoms with van der Waals surface area (Å²) >= 11 is 0. The molecule has 0 aromatic heterocycles. The van der Waals surface area contributed by atoms with Crippen LogP contribution in [0.1, 0.15) is 151 Å². The van der Waals surface area contributed by atoms with Gasteiger partial charge in [-0.2, -0.15) is 0 Å². The first-order chi connectivity index (χ1) is 20.8. The molecule has 228 valence electrons. The van der Waals surface area contributed by atoms with Crippen LogP contribution in [0.3, 0.4) is 0 Å². The fraction of sp³-hybridized carbons (Fsp3) is 0.700. The van der Waals surface area contributed by atoms with E-state index in [-0.39, 0.29) is 15.8 Å². The molecule has 0 nitrogen and oxygen atoms in total. The summed E-state index contributed by atoms with van der Waals surface area (Å²) in [6, 6.07) is 15.9.